The zero-order valence-corrected chi connectivity index (χ0v) is 53.4. The van der Waals surface area contributed by atoms with Crippen LogP contribution in [0.3, 0.4) is 0 Å². The van der Waals surface area contributed by atoms with Crippen LogP contribution in [0.4, 0.5) is 13.2 Å². The van der Waals surface area contributed by atoms with Gasteiger partial charge < -0.3 is 33.0 Å². The van der Waals surface area contributed by atoms with Crippen molar-refractivity contribution < 1.29 is 37.1 Å². The Balaban J connectivity index is 0.000000142. The lowest BCUT2D eigenvalue weighted by atomic mass is 9.90. The molecule has 6 aromatic carbocycles. The van der Waals surface area contributed by atoms with Crippen LogP contribution in [-0.2, 0) is 47.5 Å². The average molecular weight is 1290 g/mol. The number of carbonyl (C=O) groups excluding carboxylic acids is 5. The minimum atomic E-state index is -0.230. The monoisotopic (exact) mass is 1290 g/mol. The molecule has 0 N–H and O–H groups in total. The van der Waals surface area contributed by atoms with Gasteiger partial charge in [-0.25, -0.2) is 18.2 Å². The van der Waals surface area contributed by atoms with Gasteiger partial charge in [0.15, 0.2) is 12.1 Å². The van der Waals surface area contributed by atoms with Crippen LogP contribution in [0.25, 0.3) is 32.7 Å². The highest BCUT2D eigenvalue weighted by molar-refractivity contribution is 6.36. The first-order valence-corrected chi connectivity index (χ1v) is 31.8. The normalized spacial score (nSPS) is 15.0. The summed E-state index contributed by atoms with van der Waals surface area (Å²) in [5.74, 6) is 0.689. The molecule has 0 unspecified atom stereocenters. The summed E-state index contributed by atoms with van der Waals surface area (Å²) in [6.45, 7) is 4.05. The summed E-state index contributed by atoms with van der Waals surface area (Å²) in [5.41, 5.74) is 8.46. The molecule has 13 rings (SSSR count). The van der Waals surface area contributed by atoms with Gasteiger partial charge in [-0.05, 0) is 171 Å². The summed E-state index contributed by atoms with van der Waals surface area (Å²) in [7, 11) is 7.43. The number of likely N-dealkylation sites (tertiary alicyclic amines) is 3. The topological polar surface area (TPSA) is 128 Å². The number of amides is 3. The Bertz CT molecular complexity index is 4320. The molecule has 3 aliphatic heterocycles. The number of carbonyl (C=O) groups is 5. The van der Waals surface area contributed by atoms with Crippen molar-refractivity contribution in [2.45, 2.75) is 57.8 Å². The standard InChI is InChI=1S/C27H26ClFN4O2.C23H22ClFN2O2.C22H22ClFN2O/c1-31-12-9-30-26(31)25(34)22-16-32(2)24-15-23(28)21(14-20(22)24)27(35)33-10-7-18(8-11-33)13-17-3-5-19(29)6-4-17;1-26-13-17(14-28)19-11-20(21(24)12-22(19)26)23(29)27-8-6-16(7-9-27)10-15-2-4-18(25)5-3-15;1-25-9-8-17-13-19(20(23)14-21(17)25)22(27)26-10-6-16(7-11-26)12-15-2-4-18(24)5-3-15/h3-6,9,12,14-16,18H,7-8,10-11,13H2,1-2H3;2-5,11-14,16H,6-10H2,1H3;2-5,8-9,13-14,16H,6-7,10-12H2,1H3. The van der Waals surface area contributed by atoms with Crippen molar-refractivity contribution in [2.24, 2.45) is 45.9 Å². The Morgan fingerprint density at radius 1 is 0.462 bits per heavy atom. The van der Waals surface area contributed by atoms with Crippen molar-refractivity contribution in [3.8, 4) is 0 Å². The van der Waals surface area contributed by atoms with Crippen molar-refractivity contribution in [3.05, 3.63) is 229 Å². The Labute approximate surface area is 541 Å². The third-order valence-corrected chi connectivity index (χ3v) is 19.2. The number of fused-ring (bicyclic) bond motifs is 3. The number of aromatic nitrogens is 5. The molecule has 10 aromatic rings. The smallest absolute Gasteiger partial charge is 0.255 e. The highest BCUT2D eigenvalue weighted by atomic mass is 35.5. The third-order valence-electron chi connectivity index (χ3n) is 18.3. The first-order chi connectivity index (χ1) is 43.8. The van der Waals surface area contributed by atoms with Gasteiger partial charge in [0.2, 0.25) is 5.78 Å². The van der Waals surface area contributed by atoms with Gasteiger partial charge in [0.05, 0.1) is 48.4 Å². The molecule has 3 fully saturated rings. The van der Waals surface area contributed by atoms with E-state index in [9.17, 15) is 37.1 Å². The van der Waals surface area contributed by atoms with Gasteiger partial charge in [0.25, 0.3) is 17.7 Å². The van der Waals surface area contributed by atoms with E-state index in [1.165, 1.54) is 36.4 Å². The SMILES string of the molecule is Cn1cc(C=O)c2cc(C(=O)N3CCC(Cc4ccc(F)cc4)CC3)c(Cl)cc21.Cn1ccc2cc(C(=O)N3CCC(Cc4ccc(F)cc4)CC3)c(Cl)cc21.Cn1ccnc1C(=O)c1cn(C)c2cc(Cl)c(C(=O)N3CCC(Cc4ccc(F)cc4)CC3)cc12. The molecule has 470 valence electrons. The van der Waals surface area contributed by atoms with Gasteiger partial charge in [-0.2, -0.15) is 0 Å². The summed E-state index contributed by atoms with van der Waals surface area (Å²) in [4.78, 5) is 73.7. The summed E-state index contributed by atoms with van der Waals surface area (Å²) < 4.78 is 46.6. The van der Waals surface area contributed by atoms with Crippen LogP contribution < -0.4 is 0 Å². The molecular formula is C72H70Cl3F3N8O5. The first-order valence-electron chi connectivity index (χ1n) is 30.7. The molecule has 7 heterocycles. The van der Waals surface area contributed by atoms with Crippen LogP contribution in [-0.4, -0.2) is 107 Å². The molecule has 0 spiro atoms. The maximum Gasteiger partial charge on any atom is 0.255 e. The summed E-state index contributed by atoms with van der Waals surface area (Å²) >= 11 is 19.4. The second kappa shape index (κ2) is 28.0. The highest BCUT2D eigenvalue weighted by Gasteiger charge is 2.30. The van der Waals surface area contributed by atoms with E-state index in [-0.39, 0.29) is 41.0 Å². The van der Waals surface area contributed by atoms with E-state index in [1.807, 2.05) is 110 Å². The average Bonchev–Trinajstić information content (AvgIpc) is 1.69. The molecule has 0 bridgehead atoms. The molecule has 0 aliphatic carbocycles. The molecule has 0 atom stereocenters. The van der Waals surface area contributed by atoms with E-state index in [4.69, 9.17) is 34.8 Å². The lowest BCUT2D eigenvalue weighted by Gasteiger charge is -2.32. The van der Waals surface area contributed by atoms with Gasteiger partial charge >= 0.3 is 0 Å². The van der Waals surface area contributed by atoms with E-state index < -0.39 is 0 Å². The fourth-order valence-electron chi connectivity index (χ4n) is 13.0. The largest absolute Gasteiger partial charge is 0.351 e. The molecule has 0 radical (unpaired) electrons. The van der Waals surface area contributed by atoms with Crippen LogP contribution >= 0.6 is 34.8 Å². The second-order valence-electron chi connectivity index (χ2n) is 24.4. The first kappa shape index (κ1) is 64.1. The van der Waals surface area contributed by atoms with Crippen LogP contribution in [0.15, 0.2) is 146 Å². The van der Waals surface area contributed by atoms with Crippen molar-refractivity contribution in [1.29, 1.82) is 0 Å². The summed E-state index contributed by atoms with van der Waals surface area (Å²) in [5, 5.41) is 3.71. The van der Waals surface area contributed by atoms with Crippen molar-refractivity contribution >= 4 is 97.3 Å². The number of nitrogens with zero attached hydrogens (tertiary/aromatic N) is 8. The Morgan fingerprint density at radius 2 is 0.846 bits per heavy atom. The molecular weight excluding hydrogens is 1220 g/mol. The lowest BCUT2D eigenvalue weighted by Crippen LogP contribution is -2.39. The van der Waals surface area contributed by atoms with Crippen molar-refractivity contribution in [1.82, 2.24) is 38.0 Å². The molecule has 91 heavy (non-hydrogen) atoms. The van der Waals surface area contributed by atoms with Crippen molar-refractivity contribution in [3.63, 3.8) is 0 Å². The molecule has 4 aromatic heterocycles. The van der Waals surface area contributed by atoms with E-state index in [2.05, 4.69) is 4.98 Å². The number of hydrogen-bond donors (Lipinski definition) is 0. The Hall–Kier alpha value is -8.44. The fourth-order valence-corrected chi connectivity index (χ4v) is 13.7. The zero-order chi connectivity index (χ0) is 64.2. The predicted molar refractivity (Wildman–Crippen MR) is 352 cm³/mol. The van der Waals surface area contributed by atoms with Crippen molar-refractivity contribution in [2.75, 3.05) is 39.3 Å². The van der Waals surface area contributed by atoms with Gasteiger partial charge in [-0.3, -0.25) is 24.0 Å². The van der Waals surface area contributed by atoms with Crippen LogP contribution in [0.5, 0.6) is 0 Å². The minimum Gasteiger partial charge on any atom is -0.351 e. The third kappa shape index (κ3) is 14.5. The van der Waals surface area contributed by atoms with Crippen LogP contribution in [0, 0.1) is 35.2 Å². The van der Waals surface area contributed by atoms with Crippen LogP contribution in [0.1, 0.15) is 113 Å². The molecule has 0 saturated carbocycles. The molecule has 13 nitrogen and oxygen atoms in total. The number of halogens is 6. The number of hydrogen-bond acceptors (Lipinski definition) is 6. The van der Waals surface area contributed by atoms with Gasteiger partial charge in [-0.15, -0.1) is 0 Å². The minimum absolute atomic E-state index is 0.00554. The maximum atomic E-state index is 13.4. The van der Waals surface area contributed by atoms with E-state index in [0.717, 1.165) is 121 Å². The number of aldehydes is 1. The number of aryl methyl sites for hydroxylation is 4. The van der Waals surface area contributed by atoms with Gasteiger partial charge in [-0.1, -0.05) is 71.2 Å². The molecule has 3 amide bonds. The lowest BCUT2D eigenvalue weighted by molar-refractivity contribution is 0.0683. The van der Waals surface area contributed by atoms with E-state index >= 15 is 0 Å². The zero-order valence-electron chi connectivity index (χ0n) is 51.2. The van der Waals surface area contributed by atoms with E-state index in [1.54, 1.807) is 60.7 Å². The molecule has 19 heteroatoms. The number of ketones is 1. The number of benzene rings is 6. The summed E-state index contributed by atoms with van der Waals surface area (Å²) in [6.07, 6.45) is 17.7. The summed E-state index contributed by atoms with van der Waals surface area (Å²) in [6, 6.07) is 32.7. The van der Waals surface area contributed by atoms with Gasteiger partial charge in [0.1, 0.15) is 17.5 Å². The van der Waals surface area contributed by atoms with Crippen LogP contribution in [0.2, 0.25) is 15.1 Å². The van der Waals surface area contributed by atoms with E-state index in [0.29, 0.717) is 98.0 Å². The number of imidazole rings is 1. The highest BCUT2D eigenvalue weighted by Crippen LogP contribution is 2.34. The number of piperidine rings is 3. The number of rotatable bonds is 12. The fraction of sp³-hybridized carbons (Fsp3) is 0.306. The molecule has 3 saturated heterocycles. The second-order valence-corrected chi connectivity index (χ2v) is 25.6. The maximum absolute atomic E-state index is 13.4. The quantitative estimate of drug-likeness (QED) is 0.0885. The Kier molecular flexibility index (Phi) is 19.7. The predicted octanol–water partition coefficient (Wildman–Crippen LogP) is 15.0. The Morgan fingerprint density at radius 3 is 1.25 bits per heavy atom. The molecule has 3 aliphatic rings. The van der Waals surface area contributed by atoms with Gasteiger partial charge in [0, 0.05) is 126 Å².